The highest BCUT2D eigenvalue weighted by molar-refractivity contribution is 5.92. The van der Waals surface area contributed by atoms with Crippen molar-refractivity contribution < 1.29 is 13.2 Å². The van der Waals surface area contributed by atoms with E-state index in [0.29, 0.717) is 11.3 Å². The lowest BCUT2D eigenvalue weighted by molar-refractivity contribution is 0.146. The zero-order chi connectivity index (χ0) is 21.3. The molecule has 1 aromatic carbocycles. The molecular weight excluding hydrogens is 391 g/mol. The van der Waals surface area contributed by atoms with Gasteiger partial charge in [-0.2, -0.15) is 0 Å². The van der Waals surface area contributed by atoms with Crippen LogP contribution in [0.1, 0.15) is 35.4 Å². The highest BCUT2D eigenvalue weighted by Gasteiger charge is 2.17. The summed E-state index contributed by atoms with van der Waals surface area (Å²) in [6.07, 6.45) is 1.62. The molecule has 0 radical (unpaired) electrons. The maximum absolute atomic E-state index is 14.4. The number of alkyl halides is 2. The van der Waals surface area contributed by atoms with Gasteiger partial charge in [0.1, 0.15) is 18.0 Å². The molecule has 1 aliphatic heterocycles. The van der Waals surface area contributed by atoms with Crippen molar-refractivity contribution in [1.82, 2.24) is 19.9 Å². The molecule has 4 rings (SSSR count). The topological polar surface area (TPSA) is 53.9 Å². The fourth-order valence-corrected chi connectivity index (χ4v) is 3.62. The Morgan fingerprint density at radius 1 is 1.23 bits per heavy atom. The number of nitrogens with zero attached hydrogens (tertiary/aromatic N) is 4. The molecule has 0 amide bonds. The molecule has 0 saturated heterocycles. The van der Waals surface area contributed by atoms with E-state index < -0.39 is 17.8 Å². The minimum atomic E-state index is -2.86. The van der Waals surface area contributed by atoms with E-state index in [2.05, 4.69) is 33.3 Å². The summed E-state index contributed by atoms with van der Waals surface area (Å²) >= 11 is 0. The highest BCUT2D eigenvalue weighted by Crippen LogP contribution is 2.29. The van der Waals surface area contributed by atoms with E-state index in [-0.39, 0.29) is 12.1 Å². The highest BCUT2D eigenvalue weighted by atomic mass is 19.3. The first-order valence-corrected chi connectivity index (χ1v) is 9.73. The molecule has 8 heteroatoms. The fourth-order valence-electron chi connectivity index (χ4n) is 3.62. The second-order valence-electron chi connectivity index (χ2n) is 7.43. The van der Waals surface area contributed by atoms with E-state index in [9.17, 15) is 13.2 Å². The van der Waals surface area contributed by atoms with Crippen molar-refractivity contribution >= 4 is 22.3 Å². The van der Waals surface area contributed by atoms with Crippen LogP contribution in [0.2, 0.25) is 0 Å². The number of pyridine rings is 1. The molecule has 30 heavy (non-hydrogen) atoms. The second kappa shape index (κ2) is 8.39. The van der Waals surface area contributed by atoms with Crippen LogP contribution in [-0.2, 0) is 6.54 Å². The SMILES string of the molecule is Cc1nc(C2=CCN(C)CC2)cc2c(NCc3cccc(C(F)F)c3F)ncnc12. The van der Waals surface area contributed by atoms with Gasteiger partial charge in [0.2, 0.25) is 0 Å². The van der Waals surface area contributed by atoms with Gasteiger partial charge in [-0.3, -0.25) is 4.98 Å². The van der Waals surface area contributed by atoms with E-state index in [4.69, 9.17) is 4.98 Å². The molecule has 1 N–H and O–H groups in total. The van der Waals surface area contributed by atoms with Crippen molar-refractivity contribution in [1.29, 1.82) is 0 Å². The molecule has 0 atom stereocenters. The fraction of sp³-hybridized carbons (Fsp3) is 0.318. The van der Waals surface area contributed by atoms with Crippen LogP contribution in [0.15, 0.2) is 36.7 Å². The van der Waals surface area contributed by atoms with Crippen LogP contribution in [0.25, 0.3) is 16.5 Å². The normalized spacial score (nSPS) is 14.9. The van der Waals surface area contributed by atoms with Crippen LogP contribution in [-0.4, -0.2) is 40.0 Å². The standard InChI is InChI=1S/C22H22F3N5/c1-13-20-17(10-18(29-13)14-6-8-30(2)9-7-14)22(28-12-27-20)26-11-15-4-3-5-16(19(15)23)21(24)25/h3-6,10,12,21H,7-9,11H2,1-2H3,(H,26,27,28). The molecule has 2 aromatic heterocycles. The van der Waals surface area contributed by atoms with Crippen molar-refractivity contribution in [2.45, 2.75) is 26.3 Å². The van der Waals surface area contributed by atoms with Gasteiger partial charge in [-0.25, -0.2) is 23.1 Å². The number of rotatable bonds is 5. The predicted octanol–water partition coefficient (Wildman–Crippen LogP) is 4.74. The number of benzene rings is 1. The van der Waals surface area contributed by atoms with Crippen LogP contribution in [0.4, 0.5) is 19.0 Å². The average Bonchev–Trinajstić information content (AvgIpc) is 2.73. The van der Waals surface area contributed by atoms with Gasteiger partial charge in [-0.15, -0.1) is 0 Å². The van der Waals surface area contributed by atoms with Crippen LogP contribution < -0.4 is 5.32 Å². The van der Waals surface area contributed by atoms with E-state index in [1.54, 1.807) is 0 Å². The Morgan fingerprint density at radius 3 is 2.80 bits per heavy atom. The molecule has 3 heterocycles. The third-order valence-corrected chi connectivity index (χ3v) is 5.33. The lowest BCUT2D eigenvalue weighted by Crippen LogP contribution is -2.23. The second-order valence-corrected chi connectivity index (χ2v) is 7.43. The van der Waals surface area contributed by atoms with Gasteiger partial charge in [0.25, 0.3) is 6.43 Å². The van der Waals surface area contributed by atoms with Gasteiger partial charge in [0.15, 0.2) is 0 Å². The predicted molar refractivity (Wildman–Crippen MR) is 111 cm³/mol. The molecule has 156 valence electrons. The largest absolute Gasteiger partial charge is 0.365 e. The molecule has 5 nitrogen and oxygen atoms in total. The third-order valence-electron chi connectivity index (χ3n) is 5.33. The van der Waals surface area contributed by atoms with Gasteiger partial charge in [-0.05, 0) is 32.0 Å². The summed E-state index contributed by atoms with van der Waals surface area (Å²) in [4.78, 5) is 15.6. The molecule has 0 unspecified atom stereocenters. The zero-order valence-corrected chi connectivity index (χ0v) is 16.8. The summed E-state index contributed by atoms with van der Waals surface area (Å²) in [6.45, 7) is 3.75. The maximum atomic E-state index is 14.4. The van der Waals surface area contributed by atoms with Gasteiger partial charge in [0, 0.05) is 30.6 Å². The Kier molecular flexibility index (Phi) is 5.67. The summed E-state index contributed by atoms with van der Waals surface area (Å²) in [5.41, 5.74) is 3.08. The number of likely N-dealkylation sites (N-methyl/N-ethyl adjacent to an activating group) is 1. The Labute approximate surface area is 172 Å². The van der Waals surface area contributed by atoms with Crippen LogP contribution >= 0.6 is 0 Å². The molecule has 0 fully saturated rings. The van der Waals surface area contributed by atoms with Crippen molar-refractivity contribution in [3.05, 3.63) is 65.0 Å². The number of halogens is 3. The van der Waals surface area contributed by atoms with Crippen molar-refractivity contribution in [2.75, 3.05) is 25.5 Å². The van der Waals surface area contributed by atoms with Gasteiger partial charge >= 0.3 is 0 Å². The van der Waals surface area contributed by atoms with E-state index in [0.717, 1.165) is 42.4 Å². The quantitative estimate of drug-likeness (QED) is 0.655. The first kappa shape index (κ1) is 20.3. The lowest BCUT2D eigenvalue weighted by Gasteiger charge is -2.22. The summed E-state index contributed by atoms with van der Waals surface area (Å²) in [7, 11) is 2.07. The van der Waals surface area contributed by atoms with Crippen LogP contribution in [0.5, 0.6) is 0 Å². The molecular formula is C22H22F3N5. The minimum Gasteiger partial charge on any atom is -0.365 e. The number of nitrogens with one attached hydrogen (secondary N) is 1. The summed E-state index contributed by atoms with van der Waals surface area (Å²) in [5, 5.41) is 3.85. The molecule has 1 aliphatic rings. The van der Waals surface area contributed by atoms with Crippen molar-refractivity contribution in [3.63, 3.8) is 0 Å². The Bertz CT molecular complexity index is 1110. The van der Waals surface area contributed by atoms with Crippen LogP contribution in [0.3, 0.4) is 0 Å². The van der Waals surface area contributed by atoms with E-state index >= 15 is 0 Å². The number of fused-ring (bicyclic) bond motifs is 1. The van der Waals surface area contributed by atoms with Gasteiger partial charge in [0.05, 0.1) is 22.5 Å². The average molecular weight is 413 g/mol. The summed E-state index contributed by atoms with van der Waals surface area (Å²) < 4.78 is 40.3. The number of aryl methyl sites for hydroxylation is 1. The molecule has 0 saturated carbocycles. The minimum absolute atomic E-state index is 0.0305. The first-order valence-electron chi connectivity index (χ1n) is 9.73. The first-order chi connectivity index (χ1) is 14.4. The summed E-state index contributed by atoms with van der Waals surface area (Å²) in [5.74, 6) is -0.379. The van der Waals surface area contributed by atoms with E-state index in [1.165, 1.54) is 24.0 Å². The van der Waals surface area contributed by atoms with Crippen molar-refractivity contribution in [3.8, 4) is 0 Å². The Hall–Kier alpha value is -3.00. The number of anilines is 1. The lowest BCUT2D eigenvalue weighted by atomic mass is 10.0. The van der Waals surface area contributed by atoms with Gasteiger partial charge in [-0.1, -0.05) is 24.3 Å². The number of hydrogen-bond donors (Lipinski definition) is 1. The van der Waals surface area contributed by atoms with Gasteiger partial charge < -0.3 is 10.2 Å². The summed E-state index contributed by atoms with van der Waals surface area (Å²) in [6, 6.07) is 5.95. The molecule has 3 aromatic rings. The Balaban J connectivity index is 1.67. The molecule has 0 spiro atoms. The number of aromatic nitrogens is 3. The third kappa shape index (κ3) is 4.00. The smallest absolute Gasteiger partial charge is 0.266 e. The monoisotopic (exact) mass is 413 g/mol. The molecule has 0 bridgehead atoms. The maximum Gasteiger partial charge on any atom is 0.266 e. The van der Waals surface area contributed by atoms with Crippen molar-refractivity contribution in [2.24, 2.45) is 0 Å². The molecule has 0 aliphatic carbocycles. The van der Waals surface area contributed by atoms with E-state index in [1.807, 2.05) is 13.0 Å². The zero-order valence-electron chi connectivity index (χ0n) is 16.8. The number of hydrogen-bond acceptors (Lipinski definition) is 5. The van der Waals surface area contributed by atoms with Crippen LogP contribution in [0, 0.1) is 12.7 Å². The Morgan fingerprint density at radius 2 is 2.07 bits per heavy atom.